The molecule has 1 aliphatic heterocycles. The second-order valence-electron chi connectivity index (χ2n) is 13.5. The molecule has 0 amide bonds. The Bertz CT molecular complexity index is 2930. The first-order chi connectivity index (χ1) is 27.0. The molecule has 0 saturated carbocycles. The summed E-state index contributed by atoms with van der Waals surface area (Å²) in [6, 6.07) is 49.4. The van der Waals surface area contributed by atoms with E-state index in [4.69, 9.17) is 5.73 Å². The molecule has 3 heterocycles. The van der Waals surface area contributed by atoms with Gasteiger partial charge in [-0.2, -0.15) is 0 Å². The Morgan fingerprint density at radius 3 is 2.27 bits per heavy atom. The number of nitrogens with two attached hydrogens (primary N) is 1. The summed E-state index contributed by atoms with van der Waals surface area (Å²) in [7, 11) is 0. The van der Waals surface area contributed by atoms with Gasteiger partial charge in [-0.3, -0.25) is 0 Å². The number of rotatable bonds is 4. The molecule has 0 fully saturated rings. The van der Waals surface area contributed by atoms with Crippen LogP contribution >= 0.6 is 11.3 Å². The molecule has 0 atom stereocenters. The van der Waals surface area contributed by atoms with E-state index < -0.39 is 0 Å². The van der Waals surface area contributed by atoms with Crippen molar-refractivity contribution in [1.29, 1.82) is 0 Å². The second-order valence-corrected chi connectivity index (χ2v) is 14.6. The van der Waals surface area contributed by atoms with E-state index in [1.165, 1.54) is 47.4 Å². The Morgan fingerprint density at radius 1 is 0.745 bits per heavy atom. The predicted octanol–water partition coefficient (Wildman–Crippen LogP) is 11.9. The van der Waals surface area contributed by atoms with E-state index in [0.717, 1.165) is 51.2 Å². The highest BCUT2D eigenvalue weighted by Crippen LogP contribution is 2.38. The lowest BCUT2D eigenvalue weighted by Gasteiger charge is -2.24. The van der Waals surface area contributed by atoms with Crippen LogP contribution in [0.4, 0.5) is 11.4 Å². The standard InChI is InChI=1S/C42H28N2S.C7H9N.C2H6/c1-28-24-36-39(27-43(31-15-5-6-16-31)37-20-9-7-18-33(28)37)44(32-17-11-14-30(26-32)25-29-12-3-2-4-13-29)38-23-22-35-34-19-8-10-21-40(34)45-42(35)41(36)38;1-6-4-2-3-5-7(6)8;1-2/h2-15,17-24,26-27H,1,25H2;2-5H,8H2,1H3;1-2H3/b36-24+,39-27+;;. The fraction of sp³-hybridized carbons (Fsp3) is 0.0784. The molecule has 55 heavy (non-hydrogen) atoms. The number of hydrogen-bond donors (Lipinski definition) is 1. The maximum absolute atomic E-state index is 5.52. The molecule has 0 spiro atoms. The number of thiophene rings is 1. The summed E-state index contributed by atoms with van der Waals surface area (Å²) >= 11 is 1.88. The van der Waals surface area contributed by atoms with E-state index in [0.29, 0.717) is 0 Å². The first kappa shape index (κ1) is 35.4. The van der Waals surface area contributed by atoms with Crippen LogP contribution in [0.1, 0.15) is 36.1 Å². The zero-order chi connectivity index (χ0) is 37.9. The molecule has 2 aliphatic rings. The molecule has 0 saturated heterocycles. The van der Waals surface area contributed by atoms with Crippen LogP contribution in [0, 0.1) is 6.92 Å². The SMILES string of the molecule is C=C1/C=c2\c(n(-c3cccc(Cc4ccccc4)c3)c3ccc4c5ccccc5sc4c23)=C/N(C2=C=CC=C2)c2ccccc21.CC.Cc1ccccc1N. The van der Waals surface area contributed by atoms with Crippen molar-refractivity contribution in [1.82, 2.24) is 4.57 Å². The fourth-order valence-corrected chi connectivity index (χ4v) is 8.71. The first-order valence-corrected chi connectivity index (χ1v) is 19.7. The molecule has 4 heteroatoms. The highest BCUT2D eigenvalue weighted by atomic mass is 32.1. The van der Waals surface area contributed by atoms with Gasteiger partial charge in [0.25, 0.3) is 0 Å². The van der Waals surface area contributed by atoms with Crippen molar-refractivity contribution in [3.8, 4) is 5.69 Å². The first-order valence-electron chi connectivity index (χ1n) is 18.9. The van der Waals surface area contributed by atoms with Crippen LogP contribution in [0.3, 0.4) is 0 Å². The van der Waals surface area contributed by atoms with Gasteiger partial charge in [-0.1, -0.05) is 135 Å². The number of benzene rings is 6. The Kier molecular flexibility index (Phi) is 9.93. The van der Waals surface area contributed by atoms with Gasteiger partial charge in [-0.25, -0.2) is 0 Å². The third-order valence-corrected chi connectivity index (χ3v) is 11.3. The quantitative estimate of drug-likeness (QED) is 0.145. The number of nitrogen functional groups attached to an aromatic ring is 1. The smallest absolute Gasteiger partial charge is 0.0886 e. The van der Waals surface area contributed by atoms with E-state index in [-0.39, 0.29) is 0 Å². The summed E-state index contributed by atoms with van der Waals surface area (Å²) in [4.78, 5) is 2.28. The van der Waals surface area contributed by atoms with E-state index >= 15 is 0 Å². The molecule has 10 rings (SSSR count). The van der Waals surface area contributed by atoms with Gasteiger partial charge in [-0.05, 0) is 90.2 Å². The molecular weight excluding hydrogens is 687 g/mol. The van der Waals surface area contributed by atoms with Crippen molar-refractivity contribution in [3.63, 3.8) is 0 Å². The molecule has 6 aromatic carbocycles. The zero-order valence-corrected chi connectivity index (χ0v) is 32.3. The maximum Gasteiger partial charge on any atom is 0.0886 e. The van der Waals surface area contributed by atoms with Gasteiger partial charge >= 0.3 is 0 Å². The third-order valence-electron chi connectivity index (χ3n) is 10.1. The molecule has 0 radical (unpaired) electrons. The number of fused-ring (bicyclic) bond motifs is 8. The molecule has 2 aromatic heterocycles. The molecule has 0 unspecified atom stereocenters. The lowest BCUT2D eigenvalue weighted by Crippen LogP contribution is -2.34. The van der Waals surface area contributed by atoms with Crippen LogP contribution in [-0.2, 0) is 6.42 Å². The third kappa shape index (κ3) is 6.75. The number of anilines is 2. The lowest BCUT2D eigenvalue weighted by molar-refractivity contribution is 1.05. The molecule has 2 N–H and O–H groups in total. The van der Waals surface area contributed by atoms with Gasteiger partial charge in [-0.15, -0.1) is 11.3 Å². The van der Waals surface area contributed by atoms with Crippen molar-refractivity contribution in [3.05, 3.63) is 209 Å². The second kappa shape index (κ2) is 15.4. The van der Waals surface area contributed by atoms with Gasteiger partial charge in [0.05, 0.1) is 22.3 Å². The summed E-state index contributed by atoms with van der Waals surface area (Å²) in [5.74, 6) is 0. The fourth-order valence-electron chi connectivity index (χ4n) is 7.45. The summed E-state index contributed by atoms with van der Waals surface area (Å²) < 4.78 is 5.05. The van der Waals surface area contributed by atoms with E-state index in [1.807, 2.05) is 62.4 Å². The average molecular weight is 730 g/mol. The summed E-state index contributed by atoms with van der Waals surface area (Å²) in [6.07, 6.45) is 11.6. The van der Waals surface area contributed by atoms with Gasteiger partial charge in [0.1, 0.15) is 0 Å². The predicted molar refractivity (Wildman–Crippen MR) is 239 cm³/mol. The highest BCUT2D eigenvalue weighted by molar-refractivity contribution is 7.26. The minimum absolute atomic E-state index is 0.868. The number of aromatic nitrogens is 1. The minimum atomic E-state index is 0.868. The molecule has 0 bridgehead atoms. The summed E-state index contributed by atoms with van der Waals surface area (Å²) in [5.41, 5.74) is 20.1. The number of aryl methyl sites for hydroxylation is 1. The molecular formula is C51H43N3S. The van der Waals surface area contributed by atoms with Crippen molar-refractivity contribution < 1.29 is 0 Å². The summed E-state index contributed by atoms with van der Waals surface area (Å²) in [6.45, 7) is 10.6. The van der Waals surface area contributed by atoms with Crippen LogP contribution in [0.5, 0.6) is 0 Å². The molecule has 8 aromatic rings. The monoisotopic (exact) mass is 729 g/mol. The maximum atomic E-state index is 5.52. The van der Waals surface area contributed by atoms with Gasteiger partial charge in [0, 0.05) is 53.9 Å². The Balaban J connectivity index is 0.000000378. The van der Waals surface area contributed by atoms with Crippen LogP contribution < -0.4 is 21.2 Å². The van der Waals surface area contributed by atoms with Crippen molar-refractivity contribution >= 4 is 71.6 Å². The van der Waals surface area contributed by atoms with Crippen molar-refractivity contribution in [2.75, 3.05) is 10.6 Å². The highest BCUT2D eigenvalue weighted by Gasteiger charge is 2.21. The lowest BCUT2D eigenvalue weighted by atomic mass is 10.0. The molecule has 1 aliphatic carbocycles. The Hall–Kier alpha value is -6.58. The normalized spacial score (nSPS) is 14.0. The Morgan fingerprint density at radius 2 is 1.49 bits per heavy atom. The number of para-hydroxylation sites is 2. The van der Waals surface area contributed by atoms with Gasteiger partial charge < -0.3 is 15.2 Å². The zero-order valence-electron chi connectivity index (χ0n) is 31.5. The van der Waals surface area contributed by atoms with Crippen LogP contribution in [0.2, 0.25) is 0 Å². The topological polar surface area (TPSA) is 34.2 Å². The minimum Gasteiger partial charge on any atom is -0.399 e. The van der Waals surface area contributed by atoms with Gasteiger partial charge in [0.2, 0.25) is 0 Å². The number of allylic oxidation sites excluding steroid dienone is 3. The van der Waals surface area contributed by atoms with E-state index in [1.54, 1.807) is 0 Å². The van der Waals surface area contributed by atoms with E-state index in [9.17, 15) is 0 Å². The van der Waals surface area contributed by atoms with Crippen molar-refractivity contribution in [2.24, 2.45) is 0 Å². The molecule has 268 valence electrons. The van der Waals surface area contributed by atoms with Crippen LogP contribution in [0.15, 0.2) is 176 Å². The van der Waals surface area contributed by atoms with Gasteiger partial charge in [0.15, 0.2) is 0 Å². The summed E-state index contributed by atoms with van der Waals surface area (Å²) in [5, 5.41) is 6.17. The Labute approximate surface area is 326 Å². The average Bonchev–Trinajstić information content (AvgIpc) is 3.96. The number of hydrogen-bond acceptors (Lipinski definition) is 3. The van der Waals surface area contributed by atoms with Crippen molar-refractivity contribution in [2.45, 2.75) is 27.2 Å². The molecule has 3 nitrogen and oxygen atoms in total. The van der Waals surface area contributed by atoms with E-state index in [2.05, 4.69) is 161 Å². The van der Waals surface area contributed by atoms with Crippen LogP contribution in [0.25, 0.3) is 54.6 Å². The van der Waals surface area contributed by atoms with Crippen LogP contribution in [-0.4, -0.2) is 4.57 Å². The number of nitrogens with zero attached hydrogens (tertiary/aromatic N) is 2. The largest absolute Gasteiger partial charge is 0.399 e.